The highest BCUT2D eigenvalue weighted by molar-refractivity contribution is 4.79. The third kappa shape index (κ3) is 4.76. The van der Waals surface area contributed by atoms with Gasteiger partial charge in [-0.3, -0.25) is 0 Å². The van der Waals surface area contributed by atoms with Crippen LogP contribution in [0.2, 0.25) is 0 Å². The van der Waals surface area contributed by atoms with E-state index in [1.165, 1.54) is 0 Å². The third-order valence-electron chi connectivity index (χ3n) is 2.05. The molecule has 0 aromatic heterocycles. The van der Waals surface area contributed by atoms with Gasteiger partial charge in [0.1, 0.15) is 0 Å². The molecule has 0 aromatic carbocycles. The summed E-state index contributed by atoms with van der Waals surface area (Å²) in [7, 11) is 1.81. The van der Waals surface area contributed by atoms with E-state index in [1.807, 2.05) is 7.11 Å². The minimum absolute atomic E-state index is 0.252. The molecular weight excluding hydrogens is 148 g/mol. The molecule has 74 valence electrons. The second-order valence-corrected chi connectivity index (χ2v) is 5.86. The molecule has 0 aliphatic carbocycles. The Morgan fingerprint density at radius 1 is 1.00 bits per heavy atom. The molecule has 0 saturated heterocycles. The normalized spacial score (nSPS) is 16.2. The van der Waals surface area contributed by atoms with E-state index in [-0.39, 0.29) is 5.41 Å². The van der Waals surface area contributed by atoms with E-state index in [0.717, 1.165) is 6.42 Å². The Balaban J connectivity index is 4.20. The van der Waals surface area contributed by atoms with Crippen molar-refractivity contribution >= 4 is 0 Å². The number of methoxy groups -OCH3 is 1. The lowest BCUT2D eigenvalue weighted by Crippen LogP contribution is -2.32. The van der Waals surface area contributed by atoms with Crippen LogP contribution in [0.4, 0.5) is 0 Å². The van der Waals surface area contributed by atoms with Crippen LogP contribution in [-0.2, 0) is 4.74 Å². The predicted molar refractivity (Wildman–Crippen MR) is 54.3 cm³/mol. The van der Waals surface area contributed by atoms with E-state index < -0.39 is 0 Å². The van der Waals surface area contributed by atoms with Crippen molar-refractivity contribution in [3.63, 3.8) is 0 Å². The lowest BCUT2D eigenvalue weighted by Gasteiger charge is -2.34. The van der Waals surface area contributed by atoms with Crippen molar-refractivity contribution < 1.29 is 4.74 Å². The minimum Gasteiger partial charge on any atom is -0.381 e. The minimum atomic E-state index is 0.252. The fourth-order valence-corrected chi connectivity index (χ4v) is 1.30. The van der Waals surface area contributed by atoms with E-state index in [4.69, 9.17) is 4.74 Å². The highest BCUT2D eigenvalue weighted by atomic mass is 16.5. The van der Waals surface area contributed by atoms with Crippen LogP contribution in [0.3, 0.4) is 0 Å². The largest absolute Gasteiger partial charge is 0.381 e. The molecule has 1 nitrogen and oxygen atoms in total. The van der Waals surface area contributed by atoms with Gasteiger partial charge < -0.3 is 4.74 Å². The molecule has 0 heterocycles. The van der Waals surface area contributed by atoms with Gasteiger partial charge in [0.15, 0.2) is 0 Å². The van der Waals surface area contributed by atoms with Crippen molar-refractivity contribution in [1.82, 2.24) is 0 Å². The average molecular weight is 172 g/mol. The van der Waals surface area contributed by atoms with Crippen LogP contribution >= 0.6 is 0 Å². The van der Waals surface area contributed by atoms with Crippen molar-refractivity contribution in [1.29, 1.82) is 0 Å². The molecular formula is C11H24O. The maximum atomic E-state index is 5.49. The fourth-order valence-electron chi connectivity index (χ4n) is 1.30. The monoisotopic (exact) mass is 172 g/mol. The molecule has 0 fully saturated rings. The highest BCUT2D eigenvalue weighted by Crippen LogP contribution is 2.32. The lowest BCUT2D eigenvalue weighted by molar-refractivity contribution is -0.0106. The van der Waals surface area contributed by atoms with Crippen LogP contribution < -0.4 is 0 Å². The molecule has 0 rings (SSSR count). The quantitative estimate of drug-likeness (QED) is 0.619. The molecule has 1 unspecified atom stereocenters. The first-order valence-corrected chi connectivity index (χ1v) is 4.69. The second kappa shape index (κ2) is 3.78. The molecule has 1 heteroatoms. The van der Waals surface area contributed by atoms with Gasteiger partial charge in [-0.2, -0.15) is 0 Å². The lowest BCUT2D eigenvalue weighted by atomic mass is 9.79. The Hall–Kier alpha value is -0.0400. The maximum absolute atomic E-state index is 5.49. The summed E-state index contributed by atoms with van der Waals surface area (Å²) >= 11 is 0. The zero-order chi connectivity index (χ0) is 9.99. The standard InChI is InChI=1S/C11H24O/c1-10(2,3)8-9(12-7)11(4,5)6/h9H,8H2,1-7H3. The highest BCUT2D eigenvalue weighted by Gasteiger charge is 2.28. The summed E-state index contributed by atoms with van der Waals surface area (Å²) in [6, 6.07) is 0. The van der Waals surface area contributed by atoms with Crippen LogP contribution in [0, 0.1) is 10.8 Å². The molecule has 0 bridgehead atoms. The number of hydrogen-bond acceptors (Lipinski definition) is 1. The molecule has 0 radical (unpaired) electrons. The van der Waals surface area contributed by atoms with Gasteiger partial charge in [0.05, 0.1) is 6.10 Å². The predicted octanol–water partition coefficient (Wildman–Crippen LogP) is 3.48. The van der Waals surface area contributed by atoms with Gasteiger partial charge in [0, 0.05) is 7.11 Å². The summed E-state index contributed by atoms with van der Waals surface area (Å²) in [6.07, 6.45) is 1.48. The van der Waals surface area contributed by atoms with Crippen LogP contribution in [-0.4, -0.2) is 13.2 Å². The zero-order valence-corrected chi connectivity index (χ0v) is 9.69. The van der Waals surface area contributed by atoms with Crippen LogP contribution in [0.15, 0.2) is 0 Å². The van der Waals surface area contributed by atoms with Crippen molar-refractivity contribution in [2.24, 2.45) is 10.8 Å². The van der Waals surface area contributed by atoms with E-state index in [1.54, 1.807) is 0 Å². The summed E-state index contributed by atoms with van der Waals surface area (Å²) in [5, 5.41) is 0. The molecule has 0 aliphatic heterocycles. The SMILES string of the molecule is COC(CC(C)(C)C)C(C)(C)C. The van der Waals surface area contributed by atoms with Gasteiger partial charge in [-0.05, 0) is 17.3 Å². The van der Waals surface area contributed by atoms with Crippen LogP contribution in [0.5, 0.6) is 0 Å². The van der Waals surface area contributed by atoms with Crippen LogP contribution in [0.1, 0.15) is 48.0 Å². The first kappa shape index (κ1) is 12.0. The summed E-state index contributed by atoms with van der Waals surface area (Å²) < 4.78 is 5.49. The first-order valence-electron chi connectivity index (χ1n) is 4.69. The fraction of sp³-hybridized carbons (Fsp3) is 1.00. The molecule has 0 spiro atoms. The Morgan fingerprint density at radius 2 is 1.42 bits per heavy atom. The van der Waals surface area contributed by atoms with E-state index >= 15 is 0 Å². The Kier molecular flexibility index (Phi) is 3.77. The third-order valence-corrected chi connectivity index (χ3v) is 2.05. The summed E-state index contributed by atoms with van der Waals surface area (Å²) in [5.74, 6) is 0. The van der Waals surface area contributed by atoms with Gasteiger partial charge in [0.2, 0.25) is 0 Å². The van der Waals surface area contributed by atoms with E-state index in [0.29, 0.717) is 11.5 Å². The Morgan fingerprint density at radius 3 is 1.50 bits per heavy atom. The van der Waals surface area contributed by atoms with Gasteiger partial charge in [-0.25, -0.2) is 0 Å². The molecule has 0 aliphatic rings. The molecule has 1 atom stereocenters. The van der Waals surface area contributed by atoms with Gasteiger partial charge >= 0.3 is 0 Å². The van der Waals surface area contributed by atoms with Gasteiger partial charge in [0.25, 0.3) is 0 Å². The average Bonchev–Trinajstić information content (AvgIpc) is 1.78. The van der Waals surface area contributed by atoms with Crippen molar-refractivity contribution in [2.75, 3.05) is 7.11 Å². The smallest absolute Gasteiger partial charge is 0.0624 e. The van der Waals surface area contributed by atoms with E-state index in [2.05, 4.69) is 41.5 Å². The number of rotatable bonds is 2. The Labute approximate surface area is 77.5 Å². The van der Waals surface area contributed by atoms with Crippen molar-refractivity contribution in [3.05, 3.63) is 0 Å². The number of hydrogen-bond donors (Lipinski definition) is 0. The summed E-state index contributed by atoms with van der Waals surface area (Å²) in [5.41, 5.74) is 0.607. The summed E-state index contributed by atoms with van der Waals surface area (Å²) in [6.45, 7) is 13.5. The molecule has 12 heavy (non-hydrogen) atoms. The first-order chi connectivity index (χ1) is 5.17. The topological polar surface area (TPSA) is 9.23 Å². The van der Waals surface area contributed by atoms with Crippen LogP contribution in [0.25, 0.3) is 0 Å². The molecule has 0 amide bonds. The van der Waals surface area contributed by atoms with Gasteiger partial charge in [-0.1, -0.05) is 41.5 Å². The van der Waals surface area contributed by atoms with Crippen molar-refractivity contribution in [2.45, 2.75) is 54.1 Å². The summed E-state index contributed by atoms with van der Waals surface area (Å²) in [4.78, 5) is 0. The number of ether oxygens (including phenoxy) is 1. The van der Waals surface area contributed by atoms with Crippen molar-refractivity contribution in [3.8, 4) is 0 Å². The maximum Gasteiger partial charge on any atom is 0.0624 e. The van der Waals surface area contributed by atoms with Gasteiger partial charge in [-0.15, -0.1) is 0 Å². The van der Waals surface area contributed by atoms with E-state index in [9.17, 15) is 0 Å². The second-order valence-electron chi connectivity index (χ2n) is 5.86. The zero-order valence-electron chi connectivity index (χ0n) is 9.69. The molecule has 0 saturated carbocycles. The Bertz CT molecular complexity index is 125. The molecule has 0 aromatic rings. The molecule has 0 N–H and O–H groups in total.